The number of unbranched alkanes of at least 4 members (excludes halogenated alkanes) is 3. The molecule has 0 saturated carbocycles. The zero-order valence-corrected chi connectivity index (χ0v) is 8.75. The molecule has 0 saturated heterocycles. The number of carbonyl (C=O) groups excluding carboxylic acids is 2. The lowest BCUT2D eigenvalue weighted by atomic mass is 10.2. The molecule has 0 heterocycles. The molecule has 0 aliphatic carbocycles. The Balaban J connectivity index is 3.15. The van der Waals surface area contributed by atoms with Crippen LogP contribution >= 0.6 is 0 Å². The molecule has 0 bridgehead atoms. The van der Waals surface area contributed by atoms with Gasteiger partial charge < -0.3 is 10.1 Å². The monoisotopic (exact) mass is 201 g/mol. The molecule has 82 valence electrons. The van der Waals surface area contributed by atoms with E-state index < -0.39 is 0 Å². The zero-order valence-electron chi connectivity index (χ0n) is 8.75. The van der Waals surface area contributed by atoms with Crippen molar-refractivity contribution in [3.05, 3.63) is 0 Å². The van der Waals surface area contributed by atoms with Gasteiger partial charge in [0, 0.05) is 6.42 Å². The standard InChI is InChI=1S/C10H19NO3/c1-2-3-4-5-6-10(13)14-8-7-11-9-12/h9H,2-8H2,1H3,(H,11,12). The van der Waals surface area contributed by atoms with E-state index >= 15 is 0 Å². The highest BCUT2D eigenvalue weighted by Crippen LogP contribution is 2.02. The summed E-state index contributed by atoms with van der Waals surface area (Å²) in [5.41, 5.74) is 0. The maximum atomic E-state index is 11.0. The van der Waals surface area contributed by atoms with E-state index in [1.165, 1.54) is 6.42 Å². The molecule has 0 aromatic carbocycles. The molecule has 0 aromatic heterocycles. The van der Waals surface area contributed by atoms with Crippen molar-refractivity contribution in [2.75, 3.05) is 13.2 Å². The van der Waals surface area contributed by atoms with Crippen molar-refractivity contribution >= 4 is 12.4 Å². The topological polar surface area (TPSA) is 55.4 Å². The highest BCUT2D eigenvalue weighted by atomic mass is 16.5. The van der Waals surface area contributed by atoms with Crippen LogP contribution in [0.2, 0.25) is 0 Å². The van der Waals surface area contributed by atoms with E-state index in [1.807, 2.05) is 0 Å². The minimum Gasteiger partial charge on any atom is -0.464 e. The van der Waals surface area contributed by atoms with E-state index in [4.69, 9.17) is 4.74 Å². The van der Waals surface area contributed by atoms with Crippen LogP contribution in [0.5, 0.6) is 0 Å². The van der Waals surface area contributed by atoms with Crippen LogP contribution in [0.3, 0.4) is 0 Å². The molecule has 1 amide bonds. The lowest BCUT2D eigenvalue weighted by Gasteiger charge is -2.03. The Bertz CT molecular complexity index is 159. The van der Waals surface area contributed by atoms with Crippen LogP contribution in [0.4, 0.5) is 0 Å². The van der Waals surface area contributed by atoms with E-state index in [-0.39, 0.29) is 12.6 Å². The first-order valence-electron chi connectivity index (χ1n) is 5.14. The summed E-state index contributed by atoms with van der Waals surface area (Å²) in [7, 11) is 0. The van der Waals surface area contributed by atoms with Gasteiger partial charge in [0.05, 0.1) is 6.54 Å². The number of carbonyl (C=O) groups is 2. The van der Waals surface area contributed by atoms with Crippen LogP contribution in [-0.4, -0.2) is 25.5 Å². The first-order valence-corrected chi connectivity index (χ1v) is 5.14. The lowest BCUT2D eigenvalue weighted by molar-refractivity contribution is -0.143. The zero-order chi connectivity index (χ0) is 10.6. The van der Waals surface area contributed by atoms with Crippen LogP contribution in [-0.2, 0) is 14.3 Å². The van der Waals surface area contributed by atoms with Crippen molar-refractivity contribution in [3.63, 3.8) is 0 Å². The molecule has 1 N–H and O–H groups in total. The van der Waals surface area contributed by atoms with Crippen LogP contribution < -0.4 is 5.32 Å². The number of hydrogen-bond donors (Lipinski definition) is 1. The summed E-state index contributed by atoms with van der Waals surface area (Å²) >= 11 is 0. The molecular formula is C10H19NO3. The average molecular weight is 201 g/mol. The van der Waals surface area contributed by atoms with Crippen LogP contribution in [0.15, 0.2) is 0 Å². The van der Waals surface area contributed by atoms with E-state index in [2.05, 4.69) is 12.2 Å². The van der Waals surface area contributed by atoms with Gasteiger partial charge in [0.2, 0.25) is 6.41 Å². The van der Waals surface area contributed by atoms with Gasteiger partial charge >= 0.3 is 5.97 Å². The summed E-state index contributed by atoms with van der Waals surface area (Å²) in [6.45, 7) is 2.79. The number of ether oxygens (including phenoxy) is 1. The average Bonchev–Trinajstić information content (AvgIpc) is 2.19. The molecule has 0 aliphatic rings. The highest BCUT2D eigenvalue weighted by molar-refractivity contribution is 5.69. The minimum absolute atomic E-state index is 0.172. The molecule has 4 nitrogen and oxygen atoms in total. The summed E-state index contributed by atoms with van der Waals surface area (Å²) < 4.78 is 4.86. The summed E-state index contributed by atoms with van der Waals surface area (Å²) in [6, 6.07) is 0. The summed E-state index contributed by atoms with van der Waals surface area (Å²) in [5.74, 6) is -0.172. The Morgan fingerprint density at radius 3 is 2.79 bits per heavy atom. The fourth-order valence-electron chi connectivity index (χ4n) is 1.05. The first kappa shape index (κ1) is 12.9. The highest BCUT2D eigenvalue weighted by Gasteiger charge is 2.01. The van der Waals surface area contributed by atoms with Gasteiger partial charge in [0.15, 0.2) is 0 Å². The van der Waals surface area contributed by atoms with E-state index in [1.54, 1.807) is 0 Å². The Morgan fingerprint density at radius 1 is 1.36 bits per heavy atom. The third kappa shape index (κ3) is 9.03. The number of amides is 1. The molecule has 4 heteroatoms. The van der Waals surface area contributed by atoms with Gasteiger partial charge in [-0.1, -0.05) is 26.2 Å². The summed E-state index contributed by atoms with van der Waals surface area (Å²) in [5, 5.41) is 2.42. The van der Waals surface area contributed by atoms with Crippen LogP contribution in [0.25, 0.3) is 0 Å². The molecular weight excluding hydrogens is 182 g/mol. The molecule has 0 unspecified atom stereocenters. The predicted molar refractivity (Wildman–Crippen MR) is 53.8 cm³/mol. The van der Waals surface area contributed by atoms with Gasteiger partial charge in [0.1, 0.15) is 6.61 Å². The summed E-state index contributed by atoms with van der Waals surface area (Å²) in [6.07, 6.45) is 5.39. The van der Waals surface area contributed by atoms with E-state index in [0.29, 0.717) is 19.4 Å². The Labute approximate surface area is 85.0 Å². The largest absolute Gasteiger partial charge is 0.464 e. The van der Waals surface area contributed by atoms with Crippen molar-refractivity contribution in [1.29, 1.82) is 0 Å². The Morgan fingerprint density at radius 2 is 2.14 bits per heavy atom. The lowest BCUT2D eigenvalue weighted by Crippen LogP contribution is -2.19. The third-order valence-electron chi connectivity index (χ3n) is 1.83. The van der Waals surface area contributed by atoms with Gasteiger partial charge in [-0.3, -0.25) is 9.59 Å². The van der Waals surface area contributed by atoms with Gasteiger partial charge in [-0.2, -0.15) is 0 Å². The quantitative estimate of drug-likeness (QED) is 0.347. The summed E-state index contributed by atoms with van der Waals surface area (Å²) in [4.78, 5) is 20.9. The fourth-order valence-corrected chi connectivity index (χ4v) is 1.05. The predicted octanol–water partition coefficient (Wildman–Crippen LogP) is 1.25. The Hall–Kier alpha value is -1.06. The van der Waals surface area contributed by atoms with Crippen molar-refractivity contribution in [1.82, 2.24) is 5.32 Å². The molecule has 0 aliphatic heterocycles. The normalized spacial score (nSPS) is 9.50. The minimum atomic E-state index is -0.172. The van der Waals surface area contributed by atoms with Crippen molar-refractivity contribution in [2.24, 2.45) is 0 Å². The second-order valence-electron chi connectivity index (χ2n) is 3.10. The fraction of sp³-hybridized carbons (Fsp3) is 0.800. The molecule has 0 spiro atoms. The molecule has 0 rings (SSSR count). The van der Waals surface area contributed by atoms with Gasteiger partial charge in [-0.05, 0) is 6.42 Å². The second kappa shape index (κ2) is 10.0. The molecule has 0 atom stereocenters. The van der Waals surface area contributed by atoms with E-state index in [0.717, 1.165) is 19.3 Å². The molecule has 0 aromatic rings. The number of rotatable bonds is 9. The number of nitrogens with one attached hydrogen (secondary N) is 1. The number of hydrogen-bond acceptors (Lipinski definition) is 3. The molecule has 14 heavy (non-hydrogen) atoms. The van der Waals surface area contributed by atoms with Gasteiger partial charge in [-0.25, -0.2) is 0 Å². The smallest absolute Gasteiger partial charge is 0.305 e. The molecule has 0 radical (unpaired) electrons. The maximum Gasteiger partial charge on any atom is 0.305 e. The Kier molecular flexibility index (Phi) is 9.26. The van der Waals surface area contributed by atoms with Crippen molar-refractivity contribution in [2.45, 2.75) is 39.0 Å². The van der Waals surface area contributed by atoms with Crippen LogP contribution in [0.1, 0.15) is 39.0 Å². The SMILES string of the molecule is CCCCCCC(=O)OCCNC=O. The molecule has 0 fully saturated rings. The van der Waals surface area contributed by atoms with Crippen molar-refractivity contribution in [3.8, 4) is 0 Å². The third-order valence-corrected chi connectivity index (χ3v) is 1.83. The maximum absolute atomic E-state index is 11.0. The van der Waals surface area contributed by atoms with Gasteiger partial charge in [-0.15, -0.1) is 0 Å². The van der Waals surface area contributed by atoms with E-state index in [9.17, 15) is 9.59 Å². The van der Waals surface area contributed by atoms with Gasteiger partial charge in [0.25, 0.3) is 0 Å². The second-order valence-corrected chi connectivity index (χ2v) is 3.10. The first-order chi connectivity index (χ1) is 6.81. The number of esters is 1. The van der Waals surface area contributed by atoms with Crippen molar-refractivity contribution < 1.29 is 14.3 Å². The van der Waals surface area contributed by atoms with Crippen LogP contribution in [0, 0.1) is 0 Å².